The Morgan fingerprint density at radius 3 is 2.33 bits per heavy atom. The van der Waals surface area contributed by atoms with Gasteiger partial charge < -0.3 is 5.41 Å². The molecule has 30 heavy (non-hydrogen) atoms. The molecular formula is C24H31Cl2N3Si. The molecule has 2 aromatic carbocycles. The van der Waals surface area contributed by atoms with Gasteiger partial charge in [-0.2, -0.15) is 0 Å². The third kappa shape index (κ3) is 6.04. The van der Waals surface area contributed by atoms with Gasteiger partial charge in [0.1, 0.15) is 0 Å². The maximum Gasteiger partial charge on any atom is 0.0820 e. The number of hydrogen-bond acceptors (Lipinski definition) is 3. The highest BCUT2D eigenvalue weighted by molar-refractivity contribution is 6.77. The highest BCUT2D eigenvalue weighted by Gasteiger charge is 2.28. The Morgan fingerprint density at radius 2 is 1.73 bits per heavy atom. The van der Waals surface area contributed by atoms with Crippen molar-refractivity contribution in [1.29, 1.82) is 5.41 Å². The molecule has 0 bridgehead atoms. The number of aryl methyl sites for hydroxylation is 1. The molecule has 0 aliphatic carbocycles. The van der Waals surface area contributed by atoms with Crippen LogP contribution in [-0.4, -0.2) is 44.0 Å². The zero-order valence-corrected chi connectivity index (χ0v) is 20.8. The molecule has 2 aromatic rings. The minimum absolute atomic E-state index is 0.105. The van der Waals surface area contributed by atoms with Gasteiger partial charge in [-0.05, 0) is 55.9 Å². The van der Waals surface area contributed by atoms with Crippen LogP contribution < -0.4 is 0 Å². The summed E-state index contributed by atoms with van der Waals surface area (Å²) in [6, 6.07) is 16.3. The Bertz CT molecular complexity index is 928. The number of nitrogens with zero attached hydrogens (tertiary/aromatic N) is 2. The van der Waals surface area contributed by atoms with Gasteiger partial charge in [-0.25, -0.2) is 0 Å². The normalized spacial score (nSPS) is 18.3. The van der Waals surface area contributed by atoms with Crippen LogP contribution in [-0.2, 0) is 0 Å². The SMILES string of the molecule is Cc1ccc(C(=Nc2ccc(Cl)cc2Cl)C(C)C(=N)CN2CC[Si](C)(C)CC2)cc1. The number of nitrogens with one attached hydrogen (secondary N) is 1. The molecule has 0 radical (unpaired) electrons. The summed E-state index contributed by atoms with van der Waals surface area (Å²) in [5, 5.41) is 9.95. The van der Waals surface area contributed by atoms with Crippen molar-refractivity contribution in [2.75, 3.05) is 19.6 Å². The van der Waals surface area contributed by atoms with Gasteiger partial charge >= 0.3 is 0 Å². The number of benzene rings is 2. The average Bonchev–Trinajstić information content (AvgIpc) is 2.69. The van der Waals surface area contributed by atoms with Gasteiger partial charge in [-0.15, -0.1) is 0 Å². The smallest absolute Gasteiger partial charge is 0.0820 e. The Labute approximate surface area is 191 Å². The first-order valence-corrected chi connectivity index (χ1v) is 14.7. The molecule has 1 aliphatic heterocycles. The van der Waals surface area contributed by atoms with Crippen LogP contribution in [0.2, 0.25) is 35.2 Å². The Balaban J connectivity index is 1.86. The van der Waals surface area contributed by atoms with Crippen molar-refractivity contribution in [1.82, 2.24) is 4.90 Å². The second-order valence-corrected chi connectivity index (χ2v) is 15.3. The zero-order chi connectivity index (χ0) is 21.9. The summed E-state index contributed by atoms with van der Waals surface area (Å²) in [5.74, 6) is -0.105. The standard InChI is InChI=1S/C24H31Cl2N3Si/c1-17-5-7-19(8-6-17)24(28-23-10-9-20(25)15-21(23)26)18(2)22(27)16-29-11-13-30(3,4)14-12-29/h5-10,15,18,27H,11-14,16H2,1-4H3. The first-order chi connectivity index (χ1) is 14.1. The van der Waals surface area contributed by atoms with Gasteiger partial charge in [0.05, 0.1) is 16.4 Å². The summed E-state index contributed by atoms with van der Waals surface area (Å²) in [6.45, 7) is 12.0. The molecule has 1 atom stereocenters. The molecule has 0 amide bonds. The lowest BCUT2D eigenvalue weighted by molar-refractivity contribution is 0.327. The Morgan fingerprint density at radius 1 is 1.10 bits per heavy atom. The molecule has 6 heteroatoms. The fraction of sp³-hybridized carbons (Fsp3) is 0.417. The fourth-order valence-corrected chi connectivity index (χ4v) is 6.24. The minimum Gasteiger partial charge on any atom is -0.308 e. The summed E-state index contributed by atoms with van der Waals surface area (Å²) < 4.78 is 0. The lowest BCUT2D eigenvalue weighted by atomic mass is 9.92. The van der Waals surface area contributed by atoms with Crippen LogP contribution in [0.15, 0.2) is 47.5 Å². The lowest BCUT2D eigenvalue weighted by Gasteiger charge is -2.36. The summed E-state index contributed by atoms with van der Waals surface area (Å²) in [4.78, 5) is 7.34. The van der Waals surface area contributed by atoms with E-state index < -0.39 is 8.07 Å². The van der Waals surface area contributed by atoms with E-state index in [2.05, 4.69) is 56.1 Å². The van der Waals surface area contributed by atoms with Gasteiger partial charge in [-0.1, -0.05) is 73.0 Å². The molecule has 1 heterocycles. The summed E-state index contributed by atoms with van der Waals surface area (Å²) >= 11 is 12.5. The van der Waals surface area contributed by atoms with E-state index in [1.807, 2.05) is 6.07 Å². The molecule has 160 valence electrons. The van der Waals surface area contributed by atoms with Crippen molar-refractivity contribution < 1.29 is 0 Å². The first kappa shape index (κ1) is 23.2. The number of halogens is 2. The molecule has 1 N–H and O–H groups in total. The Hall–Kier alpha value is -1.46. The zero-order valence-electron chi connectivity index (χ0n) is 18.3. The highest BCUT2D eigenvalue weighted by atomic mass is 35.5. The molecule has 3 nitrogen and oxygen atoms in total. The second-order valence-electron chi connectivity index (χ2n) is 9.15. The largest absolute Gasteiger partial charge is 0.308 e. The van der Waals surface area contributed by atoms with Crippen molar-refractivity contribution in [3.63, 3.8) is 0 Å². The van der Waals surface area contributed by atoms with Crippen LogP contribution >= 0.6 is 23.2 Å². The van der Waals surface area contributed by atoms with E-state index in [1.165, 1.54) is 17.7 Å². The van der Waals surface area contributed by atoms with Crippen molar-refractivity contribution in [2.24, 2.45) is 10.9 Å². The third-order valence-electron chi connectivity index (χ3n) is 6.03. The van der Waals surface area contributed by atoms with Gasteiger partial charge in [0.15, 0.2) is 0 Å². The fourth-order valence-electron chi connectivity index (χ4n) is 3.70. The molecule has 1 saturated heterocycles. The highest BCUT2D eigenvalue weighted by Crippen LogP contribution is 2.30. The van der Waals surface area contributed by atoms with Crippen molar-refractivity contribution >= 4 is 48.4 Å². The van der Waals surface area contributed by atoms with Gasteiger partial charge in [0, 0.05) is 31.3 Å². The average molecular weight is 461 g/mol. The van der Waals surface area contributed by atoms with Crippen molar-refractivity contribution in [3.8, 4) is 0 Å². The van der Waals surface area contributed by atoms with Gasteiger partial charge in [0.2, 0.25) is 0 Å². The summed E-state index contributed by atoms with van der Waals surface area (Å²) in [5.41, 5.74) is 4.47. The molecular weight excluding hydrogens is 429 g/mol. The van der Waals surface area contributed by atoms with E-state index in [4.69, 9.17) is 33.6 Å². The van der Waals surface area contributed by atoms with Crippen LogP contribution in [0, 0.1) is 18.3 Å². The van der Waals surface area contributed by atoms with Crippen molar-refractivity contribution in [3.05, 3.63) is 63.6 Å². The van der Waals surface area contributed by atoms with Gasteiger partial charge in [-0.3, -0.25) is 9.89 Å². The third-order valence-corrected chi connectivity index (χ3v) is 9.73. The number of rotatable bonds is 6. The second kappa shape index (κ2) is 9.78. The van der Waals surface area contributed by atoms with E-state index in [0.29, 0.717) is 28.0 Å². The van der Waals surface area contributed by atoms with E-state index in [-0.39, 0.29) is 5.92 Å². The summed E-state index contributed by atoms with van der Waals surface area (Å²) in [6.07, 6.45) is 0. The quantitative estimate of drug-likeness (QED) is 0.362. The van der Waals surface area contributed by atoms with Gasteiger partial charge in [0.25, 0.3) is 0 Å². The maximum atomic E-state index is 8.84. The minimum atomic E-state index is -1.01. The van der Waals surface area contributed by atoms with Crippen LogP contribution in [0.25, 0.3) is 0 Å². The number of hydrogen-bond donors (Lipinski definition) is 1. The molecule has 0 saturated carbocycles. The lowest BCUT2D eigenvalue weighted by Crippen LogP contribution is -2.45. The van der Waals surface area contributed by atoms with Crippen LogP contribution in [0.5, 0.6) is 0 Å². The molecule has 0 spiro atoms. The molecule has 3 rings (SSSR count). The maximum absolute atomic E-state index is 8.84. The van der Waals surface area contributed by atoms with E-state index in [0.717, 1.165) is 24.4 Å². The van der Waals surface area contributed by atoms with E-state index in [1.54, 1.807) is 12.1 Å². The topological polar surface area (TPSA) is 39.5 Å². The van der Waals surface area contributed by atoms with E-state index in [9.17, 15) is 0 Å². The predicted molar refractivity (Wildman–Crippen MR) is 134 cm³/mol. The predicted octanol–water partition coefficient (Wildman–Crippen LogP) is 7.10. The van der Waals surface area contributed by atoms with E-state index >= 15 is 0 Å². The summed E-state index contributed by atoms with van der Waals surface area (Å²) in [7, 11) is -1.01. The molecule has 1 unspecified atom stereocenters. The molecule has 1 fully saturated rings. The first-order valence-electron chi connectivity index (χ1n) is 10.5. The molecule has 1 aliphatic rings. The number of aliphatic imine (C=N–C) groups is 1. The van der Waals surface area contributed by atoms with Crippen molar-refractivity contribution in [2.45, 2.75) is 39.0 Å². The monoisotopic (exact) mass is 459 g/mol. The van der Waals surface area contributed by atoms with Crippen LogP contribution in [0.4, 0.5) is 5.69 Å². The van der Waals surface area contributed by atoms with Crippen LogP contribution in [0.1, 0.15) is 18.1 Å². The Kier molecular flexibility index (Phi) is 7.56. The van der Waals surface area contributed by atoms with Crippen LogP contribution in [0.3, 0.4) is 0 Å². The molecule has 0 aromatic heterocycles.